The van der Waals surface area contributed by atoms with Gasteiger partial charge in [-0.3, -0.25) is 14.9 Å². The molecule has 8 nitrogen and oxygen atoms in total. The number of nitrogens with one attached hydrogen (secondary N) is 1. The third-order valence-corrected chi connectivity index (χ3v) is 4.20. The normalized spacial score (nSPS) is 12.1. The number of carbonyl (C=O) groups is 1. The van der Waals surface area contributed by atoms with E-state index in [0.29, 0.717) is 27.9 Å². The Hall–Kier alpha value is -3.29. The minimum Gasteiger partial charge on any atom is -0.350 e. The van der Waals surface area contributed by atoms with E-state index in [1.807, 2.05) is 13.8 Å². The fraction of sp³-hybridized carbons (Fsp3) is 0.278. The van der Waals surface area contributed by atoms with Crippen molar-refractivity contribution in [3.8, 4) is 11.3 Å². The van der Waals surface area contributed by atoms with Gasteiger partial charge >= 0.3 is 0 Å². The molecule has 26 heavy (non-hydrogen) atoms. The molecule has 1 N–H and O–H groups in total. The highest BCUT2D eigenvalue weighted by Crippen LogP contribution is 2.28. The molecule has 0 fully saturated rings. The van der Waals surface area contributed by atoms with Crippen molar-refractivity contribution in [2.45, 2.75) is 33.2 Å². The van der Waals surface area contributed by atoms with Crippen LogP contribution in [0.2, 0.25) is 0 Å². The van der Waals surface area contributed by atoms with Crippen molar-refractivity contribution in [2.75, 3.05) is 0 Å². The number of non-ortho nitro benzene ring substituents is 1. The number of nitrogens with zero attached hydrogens (tertiary/aromatic N) is 3. The molecule has 0 aliphatic rings. The third kappa shape index (κ3) is 3.26. The first-order chi connectivity index (χ1) is 12.4. The molecule has 1 amide bonds. The van der Waals surface area contributed by atoms with Gasteiger partial charge in [0.25, 0.3) is 17.3 Å². The summed E-state index contributed by atoms with van der Waals surface area (Å²) in [6.07, 6.45) is 0.792. The molecule has 134 valence electrons. The zero-order valence-corrected chi connectivity index (χ0v) is 14.6. The molecule has 0 saturated carbocycles. The molecule has 1 atom stereocenters. The minimum atomic E-state index is -0.475. The van der Waals surface area contributed by atoms with Crippen molar-refractivity contribution in [3.63, 3.8) is 0 Å². The van der Waals surface area contributed by atoms with Crippen molar-refractivity contribution in [1.82, 2.24) is 15.5 Å². The van der Waals surface area contributed by atoms with Gasteiger partial charge in [0.1, 0.15) is 0 Å². The van der Waals surface area contributed by atoms with Crippen molar-refractivity contribution < 1.29 is 14.2 Å². The highest BCUT2D eigenvalue weighted by atomic mass is 16.6. The van der Waals surface area contributed by atoms with Gasteiger partial charge < -0.3 is 9.84 Å². The monoisotopic (exact) mass is 354 g/mol. The number of aromatic nitrogens is 2. The maximum absolute atomic E-state index is 12.7. The van der Waals surface area contributed by atoms with Crippen LogP contribution >= 0.6 is 0 Å². The van der Waals surface area contributed by atoms with Gasteiger partial charge in [0.05, 0.1) is 27.3 Å². The van der Waals surface area contributed by atoms with E-state index < -0.39 is 4.92 Å². The minimum absolute atomic E-state index is 0.00662. The molecule has 1 aromatic carbocycles. The molecule has 0 aliphatic heterocycles. The van der Waals surface area contributed by atoms with Crippen LogP contribution in [0.4, 0.5) is 5.69 Å². The molecule has 2 aromatic heterocycles. The van der Waals surface area contributed by atoms with Gasteiger partial charge in [0.15, 0.2) is 0 Å². The number of fused-ring (bicyclic) bond motifs is 1. The smallest absolute Gasteiger partial charge is 0.270 e. The van der Waals surface area contributed by atoms with E-state index in [2.05, 4.69) is 15.5 Å². The van der Waals surface area contributed by atoms with Crippen LogP contribution in [-0.2, 0) is 0 Å². The molecule has 0 radical (unpaired) electrons. The number of hydrogen-bond donors (Lipinski definition) is 1. The molecular formula is C18H18N4O4. The van der Waals surface area contributed by atoms with Crippen LogP contribution in [0, 0.1) is 17.0 Å². The second-order valence-corrected chi connectivity index (χ2v) is 6.09. The standard InChI is InChI=1S/C18H18N4O4/c1-4-10(2)19-17(23)14-9-15(20-18-16(14)11(3)21-26-18)12-6-5-7-13(8-12)22(24)25/h5-10H,4H2,1-3H3,(H,19,23)/t10-/m1/s1. The van der Waals surface area contributed by atoms with E-state index >= 15 is 0 Å². The van der Waals surface area contributed by atoms with E-state index in [1.54, 1.807) is 25.1 Å². The van der Waals surface area contributed by atoms with Crippen LogP contribution in [0.15, 0.2) is 34.9 Å². The lowest BCUT2D eigenvalue weighted by Crippen LogP contribution is -2.32. The summed E-state index contributed by atoms with van der Waals surface area (Å²) in [6.45, 7) is 5.63. The highest BCUT2D eigenvalue weighted by molar-refractivity contribution is 6.07. The summed E-state index contributed by atoms with van der Waals surface area (Å²) in [6, 6.07) is 7.70. The molecule has 2 heterocycles. The van der Waals surface area contributed by atoms with Crippen molar-refractivity contribution in [3.05, 3.63) is 51.7 Å². The lowest BCUT2D eigenvalue weighted by atomic mass is 10.0. The largest absolute Gasteiger partial charge is 0.350 e. The quantitative estimate of drug-likeness (QED) is 0.553. The first-order valence-electron chi connectivity index (χ1n) is 8.23. The Morgan fingerprint density at radius 1 is 1.38 bits per heavy atom. The summed E-state index contributed by atoms with van der Waals surface area (Å²) in [7, 11) is 0. The Morgan fingerprint density at radius 3 is 2.85 bits per heavy atom. The average Bonchev–Trinajstić information content (AvgIpc) is 3.02. The Balaban J connectivity index is 2.15. The molecule has 0 spiro atoms. The molecule has 0 aliphatic carbocycles. The van der Waals surface area contributed by atoms with Crippen molar-refractivity contribution >= 4 is 22.7 Å². The van der Waals surface area contributed by atoms with Crippen LogP contribution in [-0.4, -0.2) is 27.0 Å². The number of aryl methyl sites for hydroxylation is 1. The van der Waals surface area contributed by atoms with Gasteiger partial charge in [0, 0.05) is 23.7 Å². The summed E-state index contributed by atoms with van der Waals surface area (Å²) in [5.41, 5.74) is 2.05. The molecular weight excluding hydrogens is 336 g/mol. The highest BCUT2D eigenvalue weighted by Gasteiger charge is 2.20. The zero-order chi connectivity index (χ0) is 18.8. The third-order valence-electron chi connectivity index (χ3n) is 4.20. The molecule has 0 saturated heterocycles. The van der Waals surface area contributed by atoms with E-state index in [0.717, 1.165) is 6.42 Å². The summed E-state index contributed by atoms with van der Waals surface area (Å²) >= 11 is 0. The summed E-state index contributed by atoms with van der Waals surface area (Å²) in [5, 5.41) is 18.4. The first kappa shape index (κ1) is 17.5. The van der Waals surface area contributed by atoms with E-state index in [4.69, 9.17) is 4.52 Å². The summed E-state index contributed by atoms with van der Waals surface area (Å²) in [5.74, 6) is -0.260. The first-order valence-corrected chi connectivity index (χ1v) is 8.23. The van der Waals surface area contributed by atoms with Crippen LogP contribution < -0.4 is 5.32 Å². The van der Waals surface area contributed by atoms with Crippen molar-refractivity contribution in [1.29, 1.82) is 0 Å². The number of hydrogen-bond acceptors (Lipinski definition) is 6. The molecule has 8 heteroatoms. The number of rotatable bonds is 5. The topological polar surface area (TPSA) is 111 Å². The number of pyridine rings is 1. The second kappa shape index (κ2) is 6.91. The summed E-state index contributed by atoms with van der Waals surface area (Å²) in [4.78, 5) is 27.6. The molecule has 3 rings (SSSR count). The number of carbonyl (C=O) groups excluding carboxylic acids is 1. The lowest BCUT2D eigenvalue weighted by molar-refractivity contribution is -0.384. The molecule has 0 bridgehead atoms. The number of nitro groups is 1. The van der Waals surface area contributed by atoms with Gasteiger partial charge in [-0.05, 0) is 26.3 Å². The lowest BCUT2D eigenvalue weighted by Gasteiger charge is -2.12. The molecule has 3 aromatic rings. The van der Waals surface area contributed by atoms with Crippen LogP contribution in [0.1, 0.15) is 36.3 Å². The van der Waals surface area contributed by atoms with E-state index in [9.17, 15) is 14.9 Å². The van der Waals surface area contributed by atoms with Crippen LogP contribution in [0.5, 0.6) is 0 Å². The Morgan fingerprint density at radius 2 is 2.15 bits per heavy atom. The number of amides is 1. The number of nitro benzene ring substituents is 1. The Kier molecular flexibility index (Phi) is 4.66. The Labute approximate surface area is 149 Å². The van der Waals surface area contributed by atoms with Gasteiger partial charge in [-0.2, -0.15) is 0 Å². The maximum Gasteiger partial charge on any atom is 0.270 e. The van der Waals surface area contributed by atoms with Crippen molar-refractivity contribution in [2.24, 2.45) is 0 Å². The number of benzene rings is 1. The van der Waals surface area contributed by atoms with Gasteiger partial charge in [-0.15, -0.1) is 0 Å². The SMILES string of the molecule is CC[C@@H](C)NC(=O)c1cc(-c2cccc([N+](=O)[O-])c2)nc2onc(C)c12. The predicted octanol–water partition coefficient (Wildman–Crippen LogP) is 3.63. The molecule has 0 unspecified atom stereocenters. The fourth-order valence-electron chi connectivity index (χ4n) is 2.60. The fourth-order valence-corrected chi connectivity index (χ4v) is 2.60. The predicted molar refractivity (Wildman–Crippen MR) is 95.9 cm³/mol. The summed E-state index contributed by atoms with van der Waals surface area (Å²) < 4.78 is 5.24. The zero-order valence-electron chi connectivity index (χ0n) is 14.6. The van der Waals surface area contributed by atoms with Gasteiger partial charge in [0.2, 0.25) is 0 Å². The van der Waals surface area contributed by atoms with Gasteiger partial charge in [-0.25, -0.2) is 4.98 Å². The average molecular weight is 354 g/mol. The van der Waals surface area contributed by atoms with Crippen LogP contribution in [0.3, 0.4) is 0 Å². The Bertz CT molecular complexity index is 996. The van der Waals surface area contributed by atoms with Crippen LogP contribution in [0.25, 0.3) is 22.4 Å². The maximum atomic E-state index is 12.7. The van der Waals surface area contributed by atoms with E-state index in [-0.39, 0.29) is 23.3 Å². The van der Waals surface area contributed by atoms with E-state index in [1.165, 1.54) is 12.1 Å². The second-order valence-electron chi connectivity index (χ2n) is 6.09. The van der Waals surface area contributed by atoms with Gasteiger partial charge in [-0.1, -0.05) is 24.2 Å².